The molecule has 1 saturated carbocycles. The normalized spacial score (nSPS) is 22.9. The Labute approximate surface area is 119 Å². The van der Waals surface area contributed by atoms with Gasteiger partial charge in [0.15, 0.2) is 0 Å². The number of sulfonamides is 1. The van der Waals surface area contributed by atoms with Gasteiger partial charge in [-0.2, -0.15) is 0 Å². The molecule has 0 aliphatic heterocycles. The number of aromatic carboxylic acids is 1. The minimum absolute atomic E-state index is 0.0262. The van der Waals surface area contributed by atoms with E-state index in [2.05, 4.69) is 11.6 Å². The Morgan fingerprint density at radius 1 is 1.30 bits per heavy atom. The van der Waals surface area contributed by atoms with Crippen LogP contribution in [-0.4, -0.2) is 25.5 Å². The van der Waals surface area contributed by atoms with Gasteiger partial charge in [-0.05, 0) is 36.5 Å². The van der Waals surface area contributed by atoms with Crippen LogP contribution in [0.4, 0.5) is 0 Å². The number of carboxylic acids is 1. The fourth-order valence-electron chi connectivity index (χ4n) is 2.56. The zero-order valence-electron chi connectivity index (χ0n) is 11.4. The summed E-state index contributed by atoms with van der Waals surface area (Å²) in [4.78, 5) is 10.7. The first-order valence-corrected chi connectivity index (χ1v) is 8.35. The molecule has 0 amide bonds. The topological polar surface area (TPSA) is 83.5 Å². The molecule has 0 spiro atoms. The molecule has 2 rings (SSSR count). The first-order chi connectivity index (χ1) is 9.37. The molecule has 0 bridgehead atoms. The molecule has 0 heterocycles. The highest BCUT2D eigenvalue weighted by molar-refractivity contribution is 7.88. The Kier molecular flexibility index (Phi) is 4.45. The van der Waals surface area contributed by atoms with Crippen LogP contribution < -0.4 is 4.72 Å². The average Bonchev–Trinajstić information content (AvgIpc) is 2.74. The quantitative estimate of drug-likeness (QED) is 0.870. The van der Waals surface area contributed by atoms with Crippen molar-refractivity contribution < 1.29 is 18.3 Å². The van der Waals surface area contributed by atoms with E-state index in [-0.39, 0.29) is 17.4 Å². The summed E-state index contributed by atoms with van der Waals surface area (Å²) in [7, 11) is -3.38. The van der Waals surface area contributed by atoms with Gasteiger partial charge in [-0.25, -0.2) is 17.9 Å². The highest BCUT2D eigenvalue weighted by atomic mass is 32.2. The third-order valence-electron chi connectivity index (χ3n) is 3.75. The van der Waals surface area contributed by atoms with E-state index in [0.717, 1.165) is 19.3 Å². The zero-order chi connectivity index (χ0) is 14.8. The van der Waals surface area contributed by atoms with Gasteiger partial charge >= 0.3 is 5.97 Å². The second kappa shape index (κ2) is 5.93. The third-order valence-corrected chi connectivity index (χ3v) is 5.13. The lowest BCUT2D eigenvalue weighted by molar-refractivity contribution is 0.0697. The van der Waals surface area contributed by atoms with Crippen LogP contribution in [0.5, 0.6) is 0 Å². The first-order valence-electron chi connectivity index (χ1n) is 6.69. The van der Waals surface area contributed by atoms with Crippen molar-refractivity contribution in [2.45, 2.75) is 38.0 Å². The van der Waals surface area contributed by atoms with Crippen molar-refractivity contribution in [3.05, 3.63) is 35.4 Å². The van der Waals surface area contributed by atoms with Gasteiger partial charge in [-0.1, -0.05) is 25.5 Å². The van der Waals surface area contributed by atoms with Gasteiger partial charge in [0.2, 0.25) is 10.0 Å². The molecule has 1 aromatic carbocycles. The summed E-state index contributed by atoms with van der Waals surface area (Å²) in [5, 5.41) is 8.80. The van der Waals surface area contributed by atoms with Crippen molar-refractivity contribution in [2.75, 3.05) is 0 Å². The van der Waals surface area contributed by atoms with Crippen LogP contribution in [0, 0.1) is 5.92 Å². The predicted molar refractivity (Wildman–Crippen MR) is 76.0 cm³/mol. The number of hydrogen-bond donors (Lipinski definition) is 2. The van der Waals surface area contributed by atoms with Crippen LogP contribution in [0.1, 0.15) is 42.1 Å². The van der Waals surface area contributed by atoms with E-state index in [4.69, 9.17) is 5.11 Å². The molecular weight excluding hydrogens is 278 g/mol. The monoisotopic (exact) mass is 297 g/mol. The van der Waals surface area contributed by atoms with E-state index in [1.54, 1.807) is 12.1 Å². The molecule has 2 unspecified atom stereocenters. The smallest absolute Gasteiger partial charge is 0.335 e. The molecule has 0 aromatic heterocycles. The Bertz CT molecular complexity index is 580. The molecule has 1 fully saturated rings. The number of carboxylic acid groups (broad SMARTS) is 1. The fourth-order valence-corrected chi connectivity index (χ4v) is 4.08. The second-order valence-corrected chi connectivity index (χ2v) is 7.15. The van der Waals surface area contributed by atoms with Crippen molar-refractivity contribution in [1.29, 1.82) is 0 Å². The lowest BCUT2D eigenvalue weighted by Gasteiger charge is -2.17. The summed E-state index contributed by atoms with van der Waals surface area (Å²) in [5.74, 6) is -0.757. The molecular formula is C14H19NO4S. The molecule has 6 heteroatoms. The fraction of sp³-hybridized carbons (Fsp3) is 0.500. The Hall–Kier alpha value is -1.40. The van der Waals surface area contributed by atoms with Gasteiger partial charge in [-0.3, -0.25) is 0 Å². The van der Waals surface area contributed by atoms with Crippen LogP contribution in [0.25, 0.3) is 0 Å². The summed E-state index contributed by atoms with van der Waals surface area (Å²) < 4.78 is 26.9. The van der Waals surface area contributed by atoms with Gasteiger partial charge in [-0.15, -0.1) is 0 Å². The maximum absolute atomic E-state index is 12.1. The van der Waals surface area contributed by atoms with E-state index < -0.39 is 16.0 Å². The molecule has 1 aliphatic carbocycles. The molecule has 20 heavy (non-hydrogen) atoms. The lowest BCUT2D eigenvalue weighted by atomic mass is 10.1. The average molecular weight is 297 g/mol. The molecule has 2 N–H and O–H groups in total. The SMILES string of the molecule is CC1CCCC1NS(=O)(=O)Cc1ccc(C(=O)O)cc1. The molecule has 2 atom stereocenters. The maximum atomic E-state index is 12.1. The second-order valence-electron chi connectivity index (χ2n) is 5.39. The van der Waals surface area contributed by atoms with Crippen molar-refractivity contribution in [2.24, 2.45) is 5.92 Å². The number of rotatable bonds is 5. The summed E-state index contributed by atoms with van der Waals surface area (Å²) >= 11 is 0. The van der Waals surface area contributed by atoms with Crippen molar-refractivity contribution in [3.63, 3.8) is 0 Å². The van der Waals surface area contributed by atoms with Gasteiger partial charge in [0.1, 0.15) is 0 Å². The lowest BCUT2D eigenvalue weighted by Crippen LogP contribution is -2.37. The van der Waals surface area contributed by atoms with E-state index in [1.165, 1.54) is 12.1 Å². The molecule has 1 aliphatic rings. The van der Waals surface area contributed by atoms with E-state index in [1.807, 2.05) is 0 Å². The minimum Gasteiger partial charge on any atom is -0.478 e. The molecule has 0 saturated heterocycles. The van der Waals surface area contributed by atoms with Gasteiger partial charge in [0.25, 0.3) is 0 Å². The highest BCUT2D eigenvalue weighted by Crippen LogP contribution is 2.25. The number of hydrogen-bond acceptors (Lipinski definition) is 3. The van der Waals surface area contributed by atoms with Crippen LogP contribution in [0.15, 0.2) is 24.3 Å². The van der Waals surface area contributed by atoms with Gasteiger partial charge in [0.05, 0.1) is 11.3 Å². The number of nitrogens with one attached hydrogen (secondary N) is 1. The molecule has 0 radical (unpaired) electrons. The summed E-state index contributed by atoms with van der Waals surface area (Å²) in [6.07, 6.45) is 3.00. The van der Waals surface area contributed by atoms with Crippen molar-refractivity contribution in [3.8, 4) is 0 Å². The van der Waals surface area contributed by atoms with Crippen LogP contribution in [-0.2, 0) is 15.8 Å². The van der Waals surface area contributed by atoms with Crippen molar-refractivity contribution >= 4 is 16.0 Å². The van der Waals surface area contributed by atoms with Gasteiger partial charge in [0, 0.05) is 6.04 Å². The third kappa shape index (κ3) is 3.80. The van der Waals surface area contributed by atoms with Crippen molar-refractivity contribution in [1.82, 2.24) is 4.72 Å². The van der Waals surface area contributed by atoms with Crippen LogP contribution in [0.2, 0.25) is 0 Å². The largest absolute Gasteiger partial charge is 0.478 e. The number of carbonyl (C=O) groups is 1. The zero-order valence-corrected chi connectivity index (χ0v) is 12.2. The van der Waals surface area contributed by atoms with Gasteiger partial charge < -0.3 is 5.11 Å². The number of benzene rings is 1. The minimum atomic E-state index is -3.38. The highest BCUT2D eigenvalue weighted by Gasteiger charge is 2.27. The summed E-state index contributed by atoms with van der Waals surface area (Å²) in [6.45, 7) is 2.06. The Morgan fingerprint density at radius 2 is 1.95 bits per heavy atom. The summed E-state index contributed by atoms with van der Waals surface area (Å²) in [6, 6.07) is 5.96. The van der Waals surface area contributed by atoms with E-state index >= 15 is 0 Å². The van der Waals surface area contributed by atoms with Crippen LogP contribution in [0.3, 0.4) is 0 Å². The van der Waals surface area contributed by atoms with E-state index in [9.17, 15) is 13.2 Å². The van der Waals surface area contributed by atoms with E-state index in [0.29, 0.717) is 11.5 Å². The molecule has 110 valence electrons. The molecule has 5 nitrogen and oxygen atoms in total. The van der Waals surface area contributed by atoms with Crippen LogP contribution >= 0.6 is 0 Å². The molecule has 1 aromatic rings. The maximum Gasteiger partial charge on any atom is 0.335 e. The Balaban J connectivity index is 2.02. The summed E-state index contributed by atoms with van der Waals surface area (Å²) in [5.41, 5.74) is 0.747. The predicted octanol–water partition coefficient (Wildman–Crippen LogP) is 1.99. The standard InChI is InChI=1S/C14H19NO4S/c1-10-3-2-4-13(10)15-20(18,19)9-11-5-7-12(8-6-11)14(16)17/h5-8,10,13,15H,2-4,9H2,1H3,(H,16,17). The Morgan fingerprint density at radius 3 is 2.45 bits per heavy atom. The first kappa shape index (κ1) is 15.0.